The van der Waals surface area contributed by atoms with Gasteiger partial charge in [0.05, 0.1) is 11.0 Å². The summed E-state index contributed by atoms with van der Waals surface area (Å²) in [4.78, 5) is 34.1. The molecule has 0 atom stereocenters. The molecule has 32 heavy (non-hydrogen) atoms. The van der Waals surface area contributed by atoms with E-state index in [2.05, 4.69) is 26.2 Å². The number of hydrogen-bond acceptors (Lipinski definition) is 5. The summed E-state index contributed by atoms with van der Waals surface area (Å²) in [6, 6.07) is 15.4. The number of halogens is 1. The molecule has 0 bridgehead atoms. The molecule has 7 nitrogen and oxygen atoms in total. The van der Waals surface area contributed by atoms with Gasteiger partial charge in [0.2, 0.25) is 5.91 Å². The van der Waals surface area contributed by atoms with Crippen molar-refractivity contribution in [3.05, 3.63) is 69.6 Å². The second-order valence-electron chi connectivity index (χ2n) is 8.09. The van der Waals surface area contributed by atoms with Crippen molar-refractivity contribution in [3.8, 4) is 0 Å². The van der Waals surface area contributed by atoms with Crippen LogP contribution in [0.3, 0.4) is 0 Å². The van der Waals surface area contributed by atoms with E-state index in [1.165, 1.54) is 10.3 Å². The lowest BCUT2D eigenvalue weighted by molar-refractivity contribution is -0.121. The molecule has 1 aromatic heterocycles. The second-order valence-corrected chi connectivity index (χ2v) is 8.53. The predicted octanol–water partition coefficient (Wildman–Crippen LogP) is 2.69. The molecule has 168 valence electrons. The van der Waals surface area contributed by atoms with Gasteiger partial charge in [0.15, 0.2) is 0 Å². The summed E-state index contributed by atoms with van der Waals surface area (Å²) in [6.07, 6.45) is 0.869. The van der Waals surface area contributed by atoms with Gasteiger partial charge in [-0.05, 0) is 50.2 Å². The molecule has 1 saturated heterocycles. The molecule has 2 aromatic carbocycles. The van der Waals surface area contributed by atoms with Gasteiger partial charge in [-0.3, -0.25) is 19.1 Å². The van der Waals surface area contributed by atoms with Gasteiger partial charge in [-0.1, -0.05) is 29.8 Å². The molecular weight excluding hydrogens is 426 g/mol. The third-order valence-electron chi connectivity index (χ3n) is 5.84. The second kappa shape index (κ2) is 10.1. The van der Waals surface area contributed by atoms with E-state index in [0.717, 1.165) is 44.2 Å². The summed E-state index contributed by atoms with van der Waals surface area (Å²) in [6.45, 7) is 7.09. The van der Waals surface area contributed by atoms with Crippen LogP contribution < -0.4 is 15.8 Å². The first-order chi connectivity index (χ1) is 15.5. The highest BCUT2D eigenvalue weighted by molar-refractivity contribution is 6.30. The Hall–Kier alpha value is -2.90. The smallest absolute Gasteiger partial charge is 0.272 e. The van der Waals surface area contributed by atoms with E-state index in [4.69, 9.17) is 11.6 Å². The quantitative estimate of drug-likeness (QED) is 0.557. The van der Waals surface area contributed by atoms with Crippen molar-refractivity contribution in [1.82, 2.24) is 19.8 Å². The Morgan fingerprint density at radius 2 is 1.88 bits per heavy atom. The molecule has 0 aliphatic carbocycles. The van der Waals surface area contributed by atoms with Crippen molar-refractivity contribution >= 4 is 34.2 Å². The van der Waals surface area contributed by atoms with E-state index in [1.807, 2.05) is 42.5 Å². The first-order valence-electron chi connectivity index (χ1n) is 11.0. The van der Waals surface area contributed by atoms with Crippen LogP contribution in [0.1, 0.15) is 12.1 Å². The maximum Gasteiger partial charge on any atom is 0.272 e. The van der Waals surface area contributed by atoms with Crippen molar-refractivity contribution in [2.24, 2.45) is 0 Å². The summed E-state index contributed by atoms with van der Waals surface area (Å²) in [5, 5.41) is 3.71. The maximum atomic E-state index is 12.5. The van der Waals surface area contributed by atoms with Crippen LogP contribution in [0, 0.1) is 6.92 Å². The minimum absolute atomic E-state index is 0.00101. The number of para-hydroxylation sites is 2. The average Bonchev–Trinajstić information content (AvgIpc) is 2.80. The van der Waals surface area contributed by atoms with Crippen LogP contribution in [-0.2, 0) is 11.3 Å². The molecule has 1 N–H and O–H groups in total. The van der Waals surface area contributed by atoms with Crippen LogP contribution in [0.2, 0.25) is 5.02 Å². The van der Waals surface area contributed by atoms with Crippen LogP contribution in [0.5, 0.6) is 0 Å². The fourth-order valence-electron chi connectivity index (χ4n) is 4.11. The number of anilines is 1. The summed E-state index contributed by atoms with van der Waals surface area (Å²) in [5.41, 5.74) is 2.73. The molecular formula is C24H28ClN5O2. The van der Waals surface area contributed by atoms with Crippen molar-refractivity contribution < 1.29 is 4.79 Å². The topological polar surface area (TPSA) is 70.5 Å². The Labute approximate surface area is 192 Å². The lowest BCUT2D eigenvalue weighted by Crippen LogP contribution is -2.47. The number of fused-ring (bicyclic) bond motifs is 1. The zero-order valence-electron chi connectivity index (χ0n) is 18.3. The van der Waals surface area contributed by atoms with Crippen LogP contribution >= 0.6 is 11.6 Å². The Morgan fingerprint density at radius 1 is 1.09 bits per heavy atom. The van der Waals surface area contributed by atoms with E-state index in [-0.39, 0.29) is 18.0 Å². The van der Waals surface area contributed by atoms with Crippen LogP contribution in [0.25, 0.3) is 11.0 Å². The average molecular weight is 454 g/mol. The highest BCUT2D eigenvalue weighted by Crippen LogP contribution is 2.20. The van der Waals surface area contributed by atoms with Gasteiger partial charge in [-0.2, -0.15) is 0 Å². The van der Waals surface area contributed by atoms with Gasteiger partial charge in [-0.15, -0.1) is 0 Å². The number of aromatic nitrogens is 2. The number of carbonyl (C=O) groups is 1. The number of carbonyl (C=O) groups excluding carboxylic acids is 1. The lowest BCUT2D eigenvalue weighted by Gasteiger charge is -2.36. The number of nitrogens with one attached hydrogen (secondary N) is 1. The molecule has 8 heteroatoms. The summed E-state index contributed by atoms with van der Waals surface area (Å²) >= 11 is 6.11. The van der Waals surface area contributed by atoms with Gasteiger partial charge in [0.1, 0.15) is 12.2 Å². The molecule has 0 spiro atoms. The summed E-state index contributed by atoms with van der Waals surface area (Å²) in [7, 11) is 0. The molecule has 4 rings (SSSR count). The number of benzene rings is 2. The van der Waals surface area contributed by atoms with Gasteiger partial charge < -0.3 is 10.2 Å². The summed E-state index contributed by atoms with van der Waals surface area (Å²) < 4.78 is 1.50. The number of aryl methyl sites for hydroxylation is 1. The van der Waals surface area contributed by atoms with E-state index < -0.39 is 0 Å². The van der Waals surface area contributed by atoms with Gasteiger partial charge in [-0.25, -0.2) is 4.98 Å². The fraction of sp³-hybridized carbons (Fsp3) is 0.375. The highest BCUT2D eigenvalue weighted by Gasteiger charge is 2.17. The third-order valence-corrected chi connectivity index (χ3v) is 6.07. The number of amides is 1. The standard InChI is InChI=1S/C24H28ClN5O2/c1-18-24(32)30(22-9-3-2-8-21(22)27-18)17-23(31)26-10-5-11-28-12-14-29(15-13-28)20-7-4-6-19(25)16-20/h2-4,6-9,16H,5,10-15,17H2,1H3,(H,26,31). The van der Waals surface area contributed by atoms with Crippen molar-refractivity contribution in [2.45, 2.75) is 19.9 Å². The third kappa shape index (κ3) is 5.29. The largest absolute Gasteiger partial charge is 0.369 e. The summed E-state index contributed by atoms with van der Waals surface area (Å²) in [5.74, 6) is -0.159. The lowest BCUT2D eigenvalue weighted by atomic mass is 10.2. The Kier molecular flexibility index (Phi) is 7.07. The molecule has 0 unspecified atom stereocenters. The van der Waals surface area contributed by atoms with Crippen molar-refractivity contribution in [1.29, 1.82) is 0 Å². The maximum absolute atomic E-state index is 12.5. The molecule has 1 fully saturated rings. The normalized spacial score (nSPS) is 14.6. The van der Waals surface area contributed by atoms with Gasteiger partial charge in [0.25, 0.3) is 5.56 Å². The predicted molar refractivity (Wildman–Crippen MR) is 128 cm³/mol. The van der Waals surface area contributed by atoms with Gasteiger partial charge >= 0.3 is 0 Å². The van der Waals surface area contributed by atoms with E-state index in [1.54, 1.807) is 6.92 Å². The first kappa shape index (κ1) is 22.3. The van der Waals surface area contributed by atoms with Crippen molar-refractivity contribution in [2.75, 3.05) is 44.2 Å². The Morgan fingerprint density at radius 3 is 2.66 bits per heavy atom. The van der Waals surface area contributed by atoms with Crippen LogP contribution in [-0.4, -0.2) is 59.6 Å². The molecule has 1 aliphatic heterocycles. The zero-order chi connectivity index (χ0) is 22.5. The van der Waals surface area contributed by atoms with E-state index >= 15 is 0 Å². The molecule has 0 saturated carbocycles. The number of nitrogens with zero attached hydrogens (tertiary/aromatic N) is 4. The molecule has 0 radical (unpaired) electrons. The minimum Gasteiger partial charge on any atom is -0.369 e. The number of hydrogen-bond donors (Lipinski definition) is 1. The molecule has 1 aliphatic rings. The Bertz CT molecular complexity index is 1150. The number of piperazine rings is 1. The first-order valence-corrected chi connectivity index (χ1v) is 11.3. The zero-order valence-corrected chi connectivity index (χ0v) is 19.0. The van der Waals surface area contributed by atoms with E-state index in [0.29, 0.717) is 23.3 Å². The molecule has 3 aromatic rings. The highest BCUT2D eigenvalue weighted by atomic mass is 35.5. The van der Waals surface area contributed by atoms with Crippen molar-refractivity contribution in [3.63, 3.8) is 0 Å². The monoisotopic (exact) mass is 453 g/mol. The van der Waals surface area contributed by atoms with E-state index in [9.17, 15) is 9.59 Å². The number of rotatable bonds is 7. The molecule has 2 heterocycles. The molecule has 1 amide bonds. The van der Waals surface area contributed by atoms with Crippen LogP contribution in [0.4, 0.5) is 5.69 Å². The minimum atomic E-state index is -0.226. The van der Waals surface area contributed by atoms with Crippen LogP contribution in [0.15, 0.2) is 53.3 Å². The fourth-order valence-corrected chi connectivity index (χ4v) is 4.29. The van der Waals surface area contributed by atoms with Gasteiger partial charge in [0, 0.05) is 43.4 Å². The Balaban J connectivity index is 1.22. The SMILES string of the molecule is Cc1nc2ccccc2n(CC(=O)NCCCN2CCN(c3cccc(Cl)c3)CC2)c1=O.